The van der Waals surface area contributed by atoms with Crippen LogP contribution in [0.25, 0.3) is 0 Å². The van der Waals surface area contributed by atoms with Crippen LogP contribution in [0.4, 0.5) is 0 Å². The van der Waals surface area contributed by atoms with Crippen molar-refractivity contribution in [2.45, 2.75) is 19.9 Å². The van der Waals surface area contributed by atoms with Crippen LogP contribution in [0, 0.1) is 5.92 Å². The van der Waals surface area contributed by atoms with Crippen molar-refractivity contribution in [1.82, 2.24) is 4.90 Å². The van der Waals surface area contributed by atoms with Crippen molar-refractivity contribution < 1.29 is 0 Å². The molecule has 0 unspecified atom stereocenters. The molecule has 1 aliphatic heterocycles. The third-order valence-electron chi connectivity index (χ3n) is 1.93. The molecule has 0 aromatic heterocycles. The highest BCUT2D eigenvalue weighted by Crippen LogP contribution is 2.26. The van der Waals surface area contributed by atoms with Gasteiger partial charge in [0, 0.05) is 18.8 Å². The maximum absolute atomic E-state index is 5.13. The number of nitrogens with zero attached hydrogens (tertiary/aromatic N) is 1. The van der Waals surface area contributed by atoms with Crippen molar-refractivity contribution in [1.29, 1.82) is 0 Å². The van der Waals surface area contributed by atoms with Crippen LogP contribution in [0.15, 0.2) is 0 Å². The molecule has 58 valence electrons. The number of hydrogen-bond donors (Lipinski definition) is 0. The lowest BCUT2D eigenvalue weighted by atomic mass is 10.1. The fourth-order valence-electron chi connectivity index (χ4n) is 1.15. The highest BCUT2D eigenvalue weighted by atomic mass is 32.2. The first-order valence-corrected chi connectivity index (χ1v) is 4.92. The average molecular weight is 175 g/mol. The minimum Gasteiger partial charge on any atom is -0.356 e. The van der Waals surface area contributed by atoms with Crippen LogP contribution in [-0.2, 0) is 0 Å². The third kappa shape index (κ3) is 1.45. The summed E-state index contributed by atoms with van der Waals surface area (Å²) in [4.78, 5) is 2.21. The Morgan fingerprint density at radius 3 is 2.50 bits per heavy atom. The zero-order valence-corrected chi connectivity index (χ0v) is 8.26. The van der Waals surface area contributed by atoms with E-state index in [9.17, 15) is 0 Å². The summed E-state index contributed by atoms with van der Waals surface area (Å²) in [5.41, 5.74) is 0. The molecule has 0 spiro atoms. The quantitative estimate of drug-likeness (QED) is 0.561. The van der Waals surface area contributed by atoms with Gasteiger partial charge in [-0.3, -0.25) is 0 Å². The number of thiocarbonyl (C=S) groups is 1. The average Bonchev–Trinajstić information content (AvgIpc) is 2.14. The molecule has 0 aromatic carbocycles. The highest BCUT2D eigenvalue weighted by Gasteiger charge is 2.27. The van der Waals surface area contributed by atoms with Crippen molar-refractivity contribution in [2.75, 3.05) is 12.8 Å². The monoisotopic (exact) mass is 175 g/mol. The first kappa shape index (κ1) is 8.34. The molecule has 1 saturated heterocycles. The summed E-state index contributed by atoms with van der Waals surface area (Å²) >= 11 is 6.93. The summed E-state index contributed by atoms with van der Waals surface area (Å²) < 4.78 is 1.05. The van der Waals surface area contributed by atoms with Gasteiger partial charge in [0.25, 0.3) is 0 Å². The molecule has 1 aliphatic rings. The second kappa shape index (κ2) is 3.09. The van der Waals surface area contributed by atoms with Gasteiger partial charge in [-0.25, -0.2) is 0 Å². The van der Waals surface area contributed by atoms with Crippen molar-refractivity contribution >= 4 is 28.3 Å². The third-order valence-corrected chi connectivity index (χ3v) is 3.62. The normalized spacial score (nSPS) is 26.6. The highest BCUT2D eigenvalue weighted by molar-refractivity contribution is 8.23. The molecule has 0 N–H and O–H groups in total. The molecule has 10 heavy (non-hydrogen) atoms. The smallest absolute Gasteiger partial charge is 0.136 e. The number of rotatable bonds is 1. The van der Waals surface area contributed by atoms with Gasteiger partial charge < -0.3 is 4.90 Å². The van der Waals surface area contributed by atoms with Crippen LogP contribution >= 0.6 is 24.0 Å². The SMILES string of the molecule is CC(C)[C@@H]1CSC(=S)N1C. The van der Waals surface area contributed by atoms with Crippen LogP contribution in [-0.4, -0.2) is 28.1 Å². The van der Waals surface area contributed by atoms with Crippen molar-refractivity contribution in [2.24, 2.45) is 5.92 Å². The summed E-state index contributed by atoms with van der Waals surface area (Å²) in [5, 5.41) is 0. The Balaban J connectivity index is 2.57. The summed E-state index contributed by atoms with van der Waals surface area (Å²) in [5.74, 6) is 1.89. The van der Waals surface area contributed by atoms with Crippen LogP contribution in [0.3, 0.4) is 0 Å². The van der Waals surface area contributed by atoms with Gasteiger partial charge >= 0.3 is 0 Å². The van der Waals surface area contributed by atoms with E-state index in [-0.39, 0.29) is 0 Å². The summed E-state index contributed by atoms with van der Waals surface area (Å²) in [6.07, 6.45) is 0. The van der Waals surface area contributed by atoms with Gasteiger partial charge in [-0.2, -0.15) is 0 Å². The second-order valence-electron chi connectivity index (χ2n) is 3.00. The van der Waals surface area contributed by atoms with Crippen LogP contribution in [0.5, 0.6) is 0 Å². The molecular weight excluding hydrogens is 162 g/mol. The molecular formula is C7H13NS2. The molecule has 1 rings (SSSR count). The van der Waals surface area contributed by atoms with Gasteiger partial charge in [0.05, 0.1) is 0 Å². The fraction of sp³-hybridized carbons (Fsp3) is 0.857. The molecule has 0 aromatic rings. The van der Waals surface area contributed by atoms with E-state index in [1.807, 2.05) is 0 Å². The number of thioether (sulfide) groups is 1. The Labute approximate surface area is 72.2 Å². The van der Waals surface area contributed by atoms with Gasteiger partial charge in [0.1, 0.15) is 4.32 Å². The maximum Gasteiger partial charge on any atom is 0.136 e. The summed E-state index contributed by atoms with van der Waals surface area (Å²) in [6, 6.07) is 0.664. The minimum atomic E-state index is 0.664. The van der Waals surface area contributed by atoms with E-state index in [2.05, 4.69) is 25.8 Å². The van der Waals surface area contributed by atoms with Crippen LogP contribution in [0.1, 0.15) is 13.8 Å². The summed E-state index contributed by atoms with van der Waals surface area (Å²) in [6.45, 7) is 4.49. The Bertz CT molecular complexity index is 145. The Kier molecular flexibility index (Phi) is 2.58. The second-order valence-corrected chi connectivity index (χ2v) is 4.65. The predicted molar refractivity (Wildman–Crippen MR) is 51.4 cm³/mol. The first-order chi connectivity index (χ1) is 4.63. The van der Waals surface area contributed by atoms with Gasteiger partial charge in [-0.15, -0.1) is 0 Å². The maximum atomic E-state index is 5.13. The molecule has 0 radical (unpaired) electrons. The zero-order valence-electron chi connectivity index (χ0n) is 6.63. The van der Waals surface area contributed by atoms with Crippen molar-refractivity contribution in [3.63, 3.8) is 0 Å². The first-order valence-electron chi connectivity index (χ1n) is 3.52. The van der Waals surface area contributed by atoms with Crippen LogP contribution in [0.2, 0.25) is 0 Å². The van der Waals surface area contributed by atoms with E-state index in [4.69, 9.17) is 12.2 Å². The fourth-order valence-corrected chi connectivity index (χ4v) is 2.75. The lowest BCUT2D eigenvalue weighted by Crippen LogP contribution is -2.33. The molecule has 0 aliphatic carbocycles. The molecule has 1 nitrogen and oxygen atoms in total. The minimum absolute atomic E-state index is 0.664. The zero-order chi connectivity index (χ0) is 7.72. The topological polar surface area (TPSA) is 3.24 Å². The molecule has 0 bridgehead atoms. The summed E-state index contributed by atoms with van der Waals surface area (Å²) in [7, 11) is 2.09. The predicted octanol–water partition coefficient (Wildman–Crippen LogP) is 1.97. The van der Waals surface area contributed by atoms with Gasteiger partial charge in [0.2, 0.25) is 0 Å². The molecule has 0 amide bonds. The van der Waals surface area contributed by atoms with Crippen molar-refractivity contribution in [3.05, 3.63) is 0 Å². The van der Waals surface area contributed by atoms with E-state index >= 15 is 0 Å². The van der Waals surface area contributed by atoms with E-state index in [0.717, 1.165) is 10.2 Å². The lowest BCUT2D eigenvalue weighted by Gasteiger charge is -2.23. The van der Waals surface area contributed by atoms with Gasteiger partial charge in [-0.1, -0.05) is 37.8 Å². The van der Waals surface area contributed by atoms with Crippen LogP contribution < -0.4 is 0 Å². The van der Waals surface area contributed by atoms with E-state index in [0.29, 0.717) is 6.04 Å². The van der Waals surface area contributed by atoms with Gasteiger partial charge in [0.15, 0.2) is 0 Å². The standard InChI is InChI=1S/C7H13NS2/c1-5(2)6-4-10-7(9)8(6)3/h5-6H,4H2,1-3H3/t6-/m0/s1. The molecule has 1 heterocycles. The van der Waals surface area contributed by atoms with Gasteiger partial charge in [-0.05, 0) is 5.92 Å². The molecule has 1 fully saturated rings. The molecule has 3 heteroatoms. The molecule has 0 saturated carbocycles. The van der Waals surface area contributed by atoms with E-state index in [1.165, 1.54) is 5.75 Å². The Morgan fingerprint density at radius 1 is 1.70 bits per heavy atom. The molecule has 1 atom stereocenters. The Hall–Kier alpha value is 0.240. The van der Waals surface area contributed by atoms with E-state index < -0.39 is 0 Å². The Morgan fingerprint density at radius 2 is 2.30 bits per heavy atom. The number of hydrogen-bond acceptors (Lipinski definition) is 2. The van der Waals surface area contributed by atoms with Crippen molar-refractivity contribution in [3.8, 4) is 0 Å². The lowest BCUT2D eigenvalue weighted by molar-refractivity contribution is 0.331. The van der Waals surface area contributed by atoms with E-state index in [1.54, 1.807) is 11.8 Å². The largest absolute Gasteiger partial charge is 0.356 e.